The molecule has 2 nitrogen and oxygen atoms in total. The molecule has 1 saturated heterocycles. The summed E-state index contributed by atoms with van der Waals surface area (Å²) in [5, 5.41) is 0. The number of carbonyl (C=O) groups is 1. The molecule has 2 rings (SSSR count). The Bertz CT molecular complexity index is 353. The SMILES string of the molecule is O=C(CC1CCOCC1)c1ccc(I)cc1. The van der Waals surface area contributed by atoms with E-state index in [0.717, 1.165) is 31.6 Å². The average molecular weight is 330 g/mol. The molecule has 0 amide bonds. The summed E-state index contributed by atoms with van der Waals surface area (Å²) in [6.07, 6.45) is 2.72. The van der Waals surface area contributed by atoms with Crippen molar-refractivity contribution in [2.24, 2.45) is 5.92 Å². The molecule has 86 valence electrons. The summed E-state index contributed by atoms with van der Waals surface area (Å²) < 4.78 is 6.46. The molecule has 0 saturated carbocycles. The maximum absolute atomic E-state index is 12.0. The van der Waals surface area contributed by atoms with Crippen molar-refractivity contribution in [3.8, 4) is 0 Å². The van der Waals surface area contributed by atoms with Crippen LogP contribution in [0.15, 0.2) is 24.3 Å². The number of ether oxygens (including phenoxy) is 1. The van der Waals surface area contributed by atoms with E-state index in [0.29, 0.717) is 12.3 Å². The number of rotatable bonds is 3. The van der Waals surface area contributed by atoms with Gasteiger partial charge in [0.1, 0.15) is 0 Å². The minimum Gasteiger partial charge on any atom is -0.381 e. The van der Waals surface area contributed by atoms with Crippen LogP contribution >= 0.6 is 22.6 Å². The molecule has 0 atom stereocenters. The van der Waals surface area contributed by atoms with Gasteiger partial charge in [0.2, 0.25) is 0 Å². The molecule has 1 aromatic carbocycles. The number of benzene rings is 1. The summed E-state index contributed by atoms with van der Waals surface area (Å²) in [4.78, 5) is 12.0. The summed E-state index contributed by atoms with van der Waals surface area (Å²) >= 11 is 2.25. The molecule has 1 aliphatic rings. The van der Waals surface area contributed by atoms with Gasteiger partial charge in [-0.1, -0.05) is 12.1 Å². The lowest BCUT2D eigenvalue weighted by atomic mass is 9.92. The van der Waals surface area contributed by atoms with Crippen LogP contribution in [0.3, 0.4) is 0 Å². The van der Waals surface area contributed by atoms with E-state index < -0.39 is 0 Å². The molecule has 1 fully saturated rings. The van der Waals surface area contributed by atoms with Crippen molar-refractivity contribution in [1.29, 1.82) is 0 Å². The van der Waals surface area contributed by atoms with Crippen molar-refractivity contribution >= 4 is 28.4 Å². The number of ketones is 1. The lowest BCUT2D eigenvalue weighted by molar-refractivity contribution is 0.0601. The molecule has 0 radical (unpaired) electrons. The maximum atomic E-state index is 12.0. The molecule has 1 heterocycles. The number of halogens is 1. The third-order valence-corrected chi connectivity index (χ3v) is 3.70. The van der Waals surface area contributed by atoms with Crippen molar-refractivity contribution in [1.82, 2.24) is 0 Å². The molecule has 1 aliphatic heterocycles. The molecular weight excluding hydrogens is 315 g/mol. The van der Waals surface area contributed by atoms with Gasteiger partial charge in [-0.05, 0) is 53.5 Å². The van der Waals surface area contributed by atoms with Crippen molar-refractivity contribution in [3.63, 3.8) is 0 Å². The second-order valence-corrected chi connectivity index (χ2v) is 5.44. The Kier molecular flexibility index (Phi) is 4.35. The number of Topliss-reactive ketones (excluding diaryl/α,β-unsaturated/α-hetero) is 1. The molecular formula is C13H15IO2. The third kappa shape index (κ3) is 3.28. The zero-order valence-corrected chi connectivity index (χ0v) is 11.3. The Balaban J connectivity index is 1.94. The van der Waals surface area contributed by atoms with Gasteiger partial charge < -0.3 is 4.74 Å². The monoisotopic (exact) mass is 330 g/mol. The molecule has 0 aliphatic carbocycles. The van der Waals surface area contributed by atoms with E-state index in [4.69, 9.17) is 4.74 Å². The highest BCUT2D eigenvalue weighted by atomic mass is 127. The topological polar surface area (TPSA) is 26.3 Å². The largest absolute Gasteiger partial charge is 0.381 e. The molecule has 0 N–H and O–H groups in total. The quantitative estimate of drug-likeness (QED) is 0.628. The number of hydrogen-bond acceptors (Lipinski definition) is 2. The second kappa shape index (κ2) is 5.77. The van der Waals surface area contributed by atoms with Crippen LogP contribution in [0.2, 0.25) is 0 Å². The van der Waals surface area contributed by atoms with Crippen LogP contribution in [-0.4, -0.2) is 19.0 Å². The summed E-state index contributed by atoms with van der Waals surface area (Å²) in [6, 6.07) is 7.81. The van der Waals surface area contributed by atoms with Crippen LogP contribution < -0.4 is 0 Å². The first kappa shape index (κ1) is 12.0. The van der Waals surface area contributed by atoms with Gasteiger partial charge in [-0.3, -0.25) is 4.79 Å². The highest BCUT2D eigenvalue weighted by molar-refractivity contribution is 14.1. The normalized spacial score (nSPS) is 17.3. The molecule has 0 bridgehead atoms. The van der Waals surface area contributed by atoms with E-state index in [1.54, 1.807) is 0 Å². The van der Waals surface area contributed by atoms with Gasteiger partial charge in [-0.2, -0.15) is 0 Å². The second-order valence-electron chi connectivity index (χ2n) is 4.19. The molecule has 3 heteroatoms. The fourth-order valence-corrected chi connectivity index (χ4v) is 2.33. The summed E-state index contributed by atoms with van der Waals surface area (Å²) in [7, 11) is 0. The number of carbonyl (C=O) groups excluding carboxylic acids is 1. The van der Waals surface area contributed by atoms with E-state index in [2.05, 4.69) is 22.6 Å². The minimum atomic E-state index is 0.267. The van der Waals surface area contributed by atoms with Crippen LogP contribution in [0.5, 0.6) is 0 Å². The fraction of sp³-hybridized carbons (Fsp3) is 0.462. The fourth-order valence-electron chi connectivity index (χ4n) is 1.97. The van der Waals surface area contributed by atoms with Crippen LogP contribution in [-0.2, 0) is 4.74 Å². The first-order valence-electron chi connectivity index (χ1n) is 5.62. The zero-order valence-electron chi connectivity index (χ0n) is 9.12. The Morgan fingerprint density at radius 1 is 1.25 bits per heavy atom. The van der Waals surface area contributed by atoms with Gasteiger partial charge in [0.25, 0.3) is 0 Å². The molecule has 0 unspecified atom stereocenters. The van der Waals surface area contributed by atoms with E-state index in [1.807, 2.05) is 24.3 Å². The van der Waals surface area contributed by atoms with Crippen molar-refractivity contribution in [2.75, 3.05) is 13.2 Å². The van der Waals surface area contributed by atoms with Gasteiger partial charge in [-0.15, -0.1) is 0 Å². The third-order valence-electron chi connectivity index (χ3n) is 2.98. The van der Waals surface area contributed by atoms with Crippen LogP contribution in [0.1, 0.15) is 29.6 Å². The Hall–Kier alpha value is -0.420. The molecule has 0 spiro atoms. The van der Waals surface area contributed by atoms with Crippen molar-refractivity contribution in [3.05, 3.63) is 33.4 Å². The van der Waals surface area contributed by atoms with E-state index in [1.165, 1.54) is 3.57 Å². The van der Waals surface area contributed by atoms with E-state index in [9.17, 15) is 4.79 Å². The molecule has 16 heavy (non-hydrogen) atoms. The van der Waals surface area contributed by atoms with Crippen molar-refractivity contribution in [2.45, 2.75) is 19.3 Å². The van der Waals surface area contributed by atoms with Crippen LogP contribution in [0.25, 0.3) is 0 Å². The maximum Gasteiger partial charge on any atom is 0.163 e. The standard InChI is InChI=1S/C13H15IO2/c14-12-3-1-11(2-4-12)13(15)9-10-5-7-16-8-6-10/h1-4,10H,5-9H2. The average Bonchev–Trinajstić information content (AvgIpc) is 2.31. The lowest BCUT2D eigenvalue weighted by Crippen LogP contribution is -2.18. The Morgan fingerprint density at radius 2 is 1.88 bits per heavy atom. The Labute approximate surface area is 110 Å². The van der Waals surface area contributed by atoms with E-state index in [-0.39, 0.29) is 5.78 Å². The van der Waals surface area contributed by atoms with Gasteiger partial charge in [0, 0.05) is 28.8 Å². The lowest BCUT2D eigenvalue weighted by Gasteiger charge is -2.21. The van der Waals surface area contributed by atoms with Gasteiger partial charge >= 0.3 is 0 Å². The summed E-state index contributed by atoms with van der Waals surface area (Å²) in [6.45, 7) is 1.62. The minimum absolute atomic E-state index is 0.267. The van der Waals surface area contributed by atoms with Crippen LogP contribution in [0.4, 0.5) is 0 Å². The smallest absolute Gasteiger partial charge is 0.163 e. The molecule has 0 aromatic heterocycles. The summed E-state index contributed by atoms with van der Waals surface area (Å²) in [5.74, 6) is 0.781. The molecule has 1 aromatic rings. The predicted molar refractivity (Wildman–Crippen MR) is 71.6 cm³/mol. The number of hydrogen-bond donors (Lipinski definition) is 0. The van der Waals surface area contributed by atoms with Gasteiger partial charge in [0.15, 0.2) is 5.78 Å². The highest BCUT2D eigenvalue weighted by Crippen LogP contribution is 2.21. The predicted octanol–water partition coefficient (Wildman–Crippen LogP) is 3.29. The van der Waals surface area contributed by atoms with Crippen molar-refractivity contribution < 1.29 is 9.53 Å². The summed E-state index contributed by atoms with van der Waals surface area (Å²) in [5.41, 5.74) is 0.840. The van der Waals surface area contributed by atoms with Gasteiger partial charge in [-0.25, -0.2) is 0 Å². The highest BCUT2D eigenvalue weighted by Gasteiger charge is 2.18. The van der Waals surface area contributed by atoms with E-state index >= 15 is 0 Å². The van der Waals surface area contributed by atoms with Crippen LogP contribution in [0, 0.1) is 9.49 Å². The zero-order chi connectivity index (χ0) is 11.4. The van der Waals surface area contributed by atoms with Gasteiger partial charge in [0.05, 0.1) is 0 Å². The first-order chi connectivity index (χ1) is 7.75. The Morgan fingerprint density at radius 3 is 2.50 bits per heavy atom. The first-order valence-corrected chi connectivity index (χ1v) is 6.70.